The van der Waals surface area contributed by atoms with Crippen LogP contribution in [0.2, 0.25) is 0 Å². The van der Waals surface area contributed by atoms with Crippen LogP contribution in [-0.2, 0) is 0 Å². The molecule has 0 saturated carbocycles. The van der Waals surface area contributed by atoms with E-state index in [1.807, 2.05) is 35.2 Å². The van der Waals surface area contributed by atoms with Gasteiger partial charge in [0.1, 0.15) is 11.5 Å². The summed E-state index contributed by atoms with van der Waals surface area (Å²) in [6.45, 7) is 7.81. The van der Waals surface area contributed by atoms with Crippen molar-refractivity contribution in [3.63, 3.8) is 0 Å². The van der Waals surface area contributed by atoms with E-state index in [1.165, 1.54) is 38.1 Å². The molecule has 6 nitrogen and oxygen atoms in total. The van der Waals surface area contributed by atoms with Gasteiger partial charge in [-0.3, -0.25) is 9.69 Å². The van der Waals surface area contributed by atoms with Gasteiger partial charge in [-0.05, 0) is 62.3 Å². The van der Waals surface area contributed by atoms with Gasteiger partial charge in [0.2, 0.25) is 0 Å². The third-order valence-electron chi connectivity index (χ3n) is 6.67. The second-order valence-corrected chi connectivity index (χ2v) is 8.86. The summed E-state index contributed by atoms with van der Waals surface area (Å²) in [4.78, 5) is 20.5. The fourth-order valence-electron chi connectivity index (χ4n) is 4.70. The van der Waals surface area contributed by atoms with Crippen LogP contribution in [0.1, 0.15) is 23.2 Å². The summed E-state index contributed by atoms with van der Waals surface area (Å²) in [6, 6.07) is 15.9. The highest BCUT2D eigenvalue weighted by Crippen LogP contribution is 2.26. The summed E-state index contributed by atoms with van der Waals surface area (Å²) in [7, 11) is 0. The second-order valence-electron chi connectivity index (χ2n) is 8.86. The first-order valence-electron chi connectivity index (χ1n) is 11.8. The van der Waals surface area contributed by atoms with Gasteiger partial charge in [0, 0.05) is 51.0 Å². The molecule has 5 rings (SSSR count). The maximum absolute atomic E-state index is 13.6. The van der Waals surface area contributed by atoms with E-state index in [9.17, 15) is 9.18 Å². The molecule has 2 aromatic carbocycles. The molecule has 0 N–H and O–H groups in total. The quantitative estimate of drug-likeness (QED) is 0.580. The number of benzene rings is 2. The van der Waals surface area contributed by atoms with E-state index < -0.39 is 0 Å². The topological polar surface area (TPSA) is 44.6 Å². The summed E-state index contributed by atoms with van der Waals surface area (Å²) >= 11 is 0. The highest BCUT2D eigenvalue weighted by Gasteiger charge is 2.27. The van der Waals surface area contributed by atoms with Crippen LogP contribution in [0.5, 0.6) is 0 Å². The fourth-order valence-corrected chi connectivity index (χ4v) is 4.70. The summed E-state index contributed by atoms with van der Waals surface area (Å²) < 4.78 is 15.2. The highest BCUT2D eigenvalue weighted by molar-refractivity contribution is 6.00. The Hall–Kier alpha value is -3.03. The minimum absolute atomic E-state index is 0.0179. The number of piperazine rings is 1. The Morgan fingerprint density at radius 3 is 2.12 bits per heavy atom. The lowest BCUT2D eigenvalue weighted by Crippen LogP contribution is -2.50. The Labute approximate surface area is 194 Å². The third-order valence-corrected chi connectivity index (χ3v) is 6.67. The number of nitrogens with zero attached hydrogens (tertiary/aromatic N) is 5. The van der Waals surface area contributed by atoms with Crippen LogP contribution in [0.3, 0.4) is 0 Å². The van der Waals surface area contributed by atoms with Crippen LogP contribution in [0.15, 0.2) is 60.8 Å². The van der Waals surface area contributed by atoms with E-state index in [2.05, 4.69) is 9.80 Å². The summed E-state index contributed by atoms with van der Waals surface area (Å²) in [5.74, 6) is -0.324. The molecular formula is C26H30FN5O. The molecule has 172 valence electrons. The van der Waals surface area contributed by atoms with Crippen LogP contribution >= 0.6 is 0 Å². The molecule has 3 heterocycles. The van der Waals surface area contributed by atoms with Crippen LogP contribution < -0.4 is 0 Å². The number of aromatic nitrogens is 2. The Bertz CT molecular complexity index is 1070. The molecule has 2 aliphatic rings. The zero-order valence-corrected chi connectivity index (χ0v) is 18.9. The Balaban J connectivity index is 1.32. The standard InChI is InChI=1S/C26H30FN5O/c27-22-10-8-21(9-11-22)25-24(20-32(28-25)23-6-2-1-3-7-23)26(33)31-18-16-30(17-19-31)15-14-29-12-4-5-13-29/h1-3,6-11,20H,4-5,12-19H2. The number of amides is 1. The molecule has 2 fully saturated rings. The molecule has 0 unspecified atom stereocenters. The van der Waals surface area contributed by atoms with Crippen LogP contribution in [0, 0.1) is 5.82 Å². The number of carbonyl (C=O) groups excluding carboxylic acids is 1. The zero-order valence-electron chi connectivity index (χ0n) is 18.9. The Morgan fingerprint density at radius 1 is 0.818 bits per heavy atom. The summed E-state index contributed by atoms with van der Waals surface area (Å²) in [5.41, 5.74) is 2.75. The van der Waals surface area contributed by atoms with E-state index in [0.29, 0.717) is 24.3 Å². The molecule has 0 aliphatic carbocycles. The summed E-state index contributed by atoms with van der Waals surface area (Å²) in [5, 5.41) is 4.72. The molecule has 0 atom stereocenters. The van der Waals surface area contributed by atoms with Crippen molar-refractivity contribution in [3.05, 3.63) is 72.2 Å². The predicted molar refractivity (Wildman–Crippen MR) is 127 cm³/mol. The van der Waals surface area contributed by atoms with E-state index >= 15 is 0 Å². The van der Waals surface area contributed by atoms with Gasteiger partial charge in [0.25, 0.3) is 5.91 Å². The minimum atomic E-state index is -0.306. The normalized spacial score (nSPS) is 17.5. The van der Waals surface area contributed by atoms with Crippen molar-refractivity contribution in [2.24, 2.45) is 0 Å². The number of carbonyl (C=O) groups is 1. The van der Waals surface area contributed by atoms with Gasteiger partial charge in [-0.2, -0.15) is 5.10 Å². The van der Waals surface area contributed by atoms with E-state index in [0.717, 1.165) is 37.4 Å². The van der Waals surface area contributed by atoms with E-state index in [1.54, 1.807) is 23.0 Å². The van der Waals surface area contributed by atoms with Gasteiger partial charge in [0.15, 0.2) is 0 Å². The van der Waals surface area contributed by atoms with Gasteiger partial charge >= 0.3 is 0 Å². The first-order valence-corrected chi connectivity index (χ1v) is 11.8. The molecule has 0 spiro atoms. The predicted octanol–water partition coefficient (Wildman–Crippen LogP) is 3.53. The first-order chi connectivity index (χ1) is 16.2. The summed E-state index contributed by atoms with van der Waals surface area (Å²) in [6.07, 6.45) is 4.43. The molecule has 1 aromatic heterocycles. The lowest BCUT2D eigenvalue weighted by Gasteiger charge is -2.35. The smallest absolute Gasteiger partial charge is 0.257 e. The third kappa shape index (κ3) is 4.99. The molecule has 33 heavy (non-hydrogen) atoms. The first kappa shape index (κ1) is 21.8. The van der Waals surface area contributed by atoms with Crippen LogP contribution in [0.4, 0.5) is 4.39 Å². The van der Waals surface area contributed by atoms with Gasteiger partial charge in [-0.15, -0.1) is 0 Å². The van der Waals surface area contributed by atoms with E-state index in [4.69, 9.17) is 5.10 Å². The van der Waals surface area contributed by atoms with E-state index in [-0.39, 0.29) is 11.7 Å². The van der Waals surface area contributed by atoms with Crippen LogP contribution in [0.25, 0.3) is 16.9 Å². The maximum Gasteiger partial charge on any atom is 0.257 e. The van der Waals surface area contributed by atoms with Crippen molar-refractivity contribution in [2.45, 2.75) is 12.8 Å². The monoisotopic (exact) mass is 447 g/mol. The number of hydrogen-bond acceptors (Lipinski definition) is 4. The van der Waals surface area contributed by atoms with Gasteiger partial charge in [-0.25, -0.2) is 9.07 Å². The number of hydrogen-bond donors (Lipinski definition) is 0. The lowest BCUT2D eigenvalue weighted by molar-refractivity contribution is 0.0627. The Morgan fingerprint density at radius 2 is 1.45 bits per heavy atom. The minimum Gasteiger partial charge on any atom is -0.336 e. The molecule has 0 bridgehead atoms. The average Bonchev–Trinajstić information content (AvgIpc) is 3.54. The zero-order chi connectivity index (χ0) is 22.6. The molecule has 1 amide bonds. The average molecular weight is 448 g/mol. The molecule has 2 saturated heterocycles. The van der Waals surface area contributed by atoms with Gasteiger partial charge < -0.3 is 9.80 Å². The Kier molecular flexibility index (Phi) is 6.51. The largest absolute Gasteiger partial charge is 0.336 e. The molecule has 7 heteroatoms. The molecule has 2 aliphatic heterocycles. The van der Waals surface area contributed by atoms with Gasteiger partial charge in [0.05, 0.1) is 11.3 Å². The highest BCUT2D eigenvalue weighted by atomic mass is 19.1. The van der Waals surface area contributed by atoms with Crippen molar-refractivity contribution >= 4 is 5.91 Å². The lowest BCUT2D eigenvalue weighted by atomic mass is 10.1. The molecule has 3 aromatic rings. The van der Waals surface area contributed by atoms with Crippen molar-refractivity contribution in [2.75, 3.05) is 52.4 Å². The van der Waals surface area contributed by atoms with Crippen LogP contribution in [-0.4, -0.2) is 82.7 Å². The number of halogens is 1. The number of rotatable bonds is 6. The second kappa shape index (κ2) is 9.85. The molecule has 0 radical (unpaired) electrons. The van der Waals surface area contributed by atoms with Crippen molar-refractivity contribution in [1.82, 2.24) is 24.5 Å². The van der Waals surface area contributed by atoms with Crippen molar-refractivity contribution < 1.29 is 9.18 Å². The van der Waals surface area contributed by atoms with Crippen molar-refractivity contribution in [1.29, 1.82) is 0 Å². The maximum atomic E-state index is 13.6. The van der Waals surface area contributed by atoms with Gasteiger partial charge in [-0.1, -0.05) is 18.2 Å². The molecular weight excluding hydrogens is 417 g/mol. The number of likely N-dealkylation sites (tertiary alicyclic amines) is 1. The SMILES string of the molecule is O=C(c1cn(-c2ccccc2)nc1-c1ccc(F)cc1)N1CCN(CCN2CCCC2)CC1. The van der Waals surface area contributed by atoms with Crippen molar-refractivity contribution in [3.8, 4) is 16.9 Å². The fraction of sp³-hybridized carbons (Fsp3) is 0.385. The number of para-hydroxylation sites is 1.